The molecule has 2 rings (SSSR count). The van der Waals surface area contributed by atoms with Gasteiger partial charge in [-0.15, -0.1) is 0 Å². The topological polar surface area (TPSA) is 34.1 Å². The molecular formula is C15H10BrFO2. The van der Waals surface area contributed by atoms with E-state index in [-0.39, 0.29) is 28.0 Å². The van der Waals surface area contributed by atoms with Gasteiger partial charge in [-0.25, -0.2) is 4.39 Å². The van der Waals surface area contributed by atoms with E-state index in [1.54, 1.807) is 30.3 Å². The maximum Gasteiger partial charge on any atom is 0.193 e. The quantitative estimate of drug-likeness (QED) is 0.636. The molecule has 4 heteroatoms. The second-order valence-electron chi connectivity index (χ2n) is 3.94. The third-order valence-corrected chi connectivity index (χ3v) is 3.19. The average Bonchev–Trinajstić information content (AvgIpc) is 2.46. The zero-order valence-corrected chi connectivity index (χ0v) is 11.5. The van der Waals surface area contributed by atoms with Gasteiger partial charge in [-0.1, -0.05) is 46.3 Å². The van der Waals surface area contributed by atoms with Gasteiger partial charge in [0.25, 0.3) is 0 Å². The number of rotatable bonds is 4. The molecule has 0 saturated heterocycles. The van der Waals surface area contributed by atoms with Crippen molar-refractivity contribution in [2.24, 2.45) is 0 Å². The molecule has 0 aliphatic rings. The second-order valence-corrected chi connectivity index (χ2v) is 4.50. The van der Waals surface area contributed by atoms with Crippen LogP contribution in [0.25, 0.3) is 0 Å². The maximum absolute atomic E-state index is 13.2. The average molecular weight is 321 g/mol. The highest BCUT2D eigenvalue weighted by molar-refractivity contribution is 9.09. The van der Waals surface area contributed by atoms with E-state index in [4.69, 9.17) is 0 Å². The number of carbonyl (C=O) groups is 2. The molecule has 2 nitrogen and oxygen atoms in total. The first-order valence-electron chi connectivity index (χ1n) is 5.62. The van der Waals surface area contributed by atoms with Crippen LogP contribution >= 0.6 is 15.9 Å². The highest BCUT2D eigenvalue weighted by Crippen LogP contribution is 2.17. The number of alkyl halides is 1. The van der Waals surface area contributed by atoms with Crippen LogP contribution in [-0.4, -0.2) is 16.9 Å². The van der Waals surface area contributed by atoms with Crippen molar-refractivity contribution in [3.8, 4) is 0 Å². The molecule has 0 aromatic heterocycles. The van der Waals surface area contributed by atoms with Crippen molar-refractivity contribution in [2.45, 2.75) is 0 Å². The number of ketones is 2. The minimum atomic E-state index is -0.533. The zero-order valence-electron chi connectivity index (χ0n) is 9.90. The standard InChI is InChI=1S/C15H10BrFO2/c16-9-14(18)13-8-11(17)6-7-12(13)15(19)10-4-2-1-3-5-10/h1-8H,9H2. The van der Waals surface area contributed by atoms with Crippen LogP contribution in [0.3, 0.4) is 0 Å². The minimum Gasteiger partial charge on any atom is -0.293 e. The van der Waals surface area contributed by atoms with Crippen LogP contribution in [0.5, 0.6) is 0 Å². The van der Waals surface area contributed by atoms with Gasteiger partial charge < -0.3 is 0 Å². The lowest BCUT2D eigenvalue weighted by atomic mass is 9.96. The number of benzene rings is 2. The Morgan fingerprint density at radius 3 is 2.32 bits per heavy atom. The Balaban J connectivity index is 2.51. The highest BCUT2D eigenvalue weighted by Gasteiger charge is 2.18. The van der Waals surface area contributed by atoms with Gasteiger partial charge in [0.05, 0.1) is 5.33 Å². The number of hydrogen-bond donors (Lipinski definition) is 0. The molecule has 0 unspecified atom stereocenters. The summed E-state index contributed by atoms with van der Waals surface area (Å²) < 4.78 is 13.2. The third kappa shape index (κ3) is 2.96. The Labute approximate surface area is 118 Å². The molecular weight excluding hydrogens is 311 g/mol. The molecule has 2 aromatic rings. The van der Waals surface area contributed by atoms with Crippen LogP contribution in [0.15, 0.2) is 48.5 Å². The number of hydrogen-bond acceptors (Lipinski definition) is 2. The van der Waals surface area contributed by atoms with E-state index in [2.05, 4.69) is 15.9 Å². The van der Waals surface area contributed by atoms with Crippen LogP contribution in [0.1, 0.15) is 26.3 Å². The summed E-state index contributed by atoms with van der Waals surface area (Å²) in [4.78, 5) is 24.1. The van der Waals surface area contributed by atoms with E-state index >= 15 is 0 Å². The van der Waals surface area contributed by atoms with Crippen molar-refractivity contribution in [3.05, 3.63) is 71.0 Å². The fourth-order valence-electron chi connectivity index (χ4n) is 1.76. The molecule has 0 aliphatic carbocycles. The molecule has 19 heavy (non-hydrogen) atoms. The molecule has 96 valence electrons. The van der Waals surface area contributed by atoms with Gasteiger partial charge in [0, 0.05) is 16.7 Å². The first-order valence-corrected chi connectivity index (χ1v) is 6.74. The van der Waals surface area contributed by atoms with Crippen molar-refractivity contribution in [1.29, 1.82) is 0 Å². The van der Waals surface area contributed by atoms with E-state index in [1.165, 1.54) is 12.1 Å². The Bertz CT molecular complexity index is 623. The summed E-state index contributed by atoms with van der Waals surface area (Å²) in [5.41, 5.74) is 0.792. The molecule has 0 aliphatic heterocycles. The van der Waals surface area contributed by atoms with E-state index < -0.39 is 5.82 Å². The van der Waals surface area contributed by atoms with Crippen LogP contribution in [0.4, 0.5) is 4.39 Å². The van der Waals surface area contributed by atoms with Gasteiger partial charge in [-0.2, -0.15) is 0 Å². The number of halogens is 2. The summed E-state index contributed by atoms with van der Waals surface area (Å²) in [5.74, 6) is -1.14. The first-order chi connectivity index (χ1) is 9.13. The SMILES string of the molecule is O=C(CBr)c1cc(F)ccc1C(=O)c1ccccc1. The molecule has 0 heterocycles. The largest absolute Gasteiger partial charge is 0.293 e. The molecule has 0 amide bonds. The molecule has 0 atom stereocenters. The monoisotopic (exact) mass is 320 g/mol. The Hall–Kier alpha value is -1.81. The lowest BCUT2D eigenvalue weighted by Gasteiger charge is -2.07. The van der Waals surface area contributed by atoms with Crippen LogP contribution < -0.4 is 0 Å². The summed E-state index contributed by atoms with van der Waals surface area (Å²) in [7, 11) is 0. The van der Waals surface area contributed by atoms with Crippen molar-refractivity contribution in [2.75, 3.05) is 5.33 Å². The van der Waals surface area contributed by atoms with Gasteiger partial charge in [0.15, 0.2) is 11.6 Å². The fourth-order valence-corrected chi connectivity index (χ4v) is 2.06. The molecule has 0 fully saturated rings. The van der Waals surface area contributed by atoms with Gasteiger partial charge in [-0.05, 0) is 18.2 Å². The summed E-state index contributed by atoms with van der Waals surface area (Å²) in [6.07, 6.45) is 0. The van der Waals surface area contributed by atoms with Gasteiger partial charge in [0.1, 0.15) is 5.82 Å². The summed E-state index contributed by atoms with van der Waals surface area (Å²) in [6.45, 7) is 0. The zero-order chi connectivity index (χ0) is 13.8. The van der Waals surface area contributed by atoms with Gasteiger partial charge in [-0.3, -0.25) is 9.59 Å². The van der Waals surface area contributed by atoms with Crippen LogP contribution in [-0.2, 0) is 0 Å². The third-order valence-electron chi connectivity index (χ3n) is 2.68. The van der Waals surface area contributed by atoms with Gasteiger partial charge >= 0.3 is 0 Å². The summed E-state index contributed by atoms with van der Waals surface area (Å²) >= 11 is 3.03. The molecule has 0 bridgehead atoms. The Morgan fingerprint density at radius 2 is 1.68 bits per heavy atom. The van der Waals surface area contributed by atoms with E-state index in [0.717, 1.165) is 6.07 Å². The Kier molecular flexibility index (Phi) is 4.22. The molecule has 2 aromatic carbocycles. The van der Waals surface area contributed by atoms with Crippen molar-refractivity contribution in [1.82, 2.24) is 0 Å². The van der Waals surface area contributed by atoms with E-state index in [9.17, 15) is 14.0 Å². The normalized spacial score (nSPS) is 10.2. The fraction of sp³-hybridized carbons (Fsp3) is 0.0667. The van der Waals surface area contributed by atoms with E-state index in [1.807, 2.05) is 0 Å². The predicted octanol–water partition coefficient (Wildman–Crippen LogP) is 3.63. The molecule has 0 N–H and O–H groups in total. The first kappa shape index (κ1) is 13.6. The number of carbonyl (C=O) groups excluding carboxylic acids is 2. The van der Waals surface area contributed by atoms with Crippen LogP contribution in [0, 0.1) is 5.82 Å². The Morgan fingerprint density at radius 1 is 1.00 bits per heavy atom. The molecule has 0 saturated carbocycles. The highest BCUT2D eigenvalue weighted by atomic mass is 79.9. The van der Waals surface area contributed by atoms with E-state index in [0.29, 0.717) is 5.56 Å². The predicted molar refractivity (Wildman–Crippen MR) is 74.4 cm³/mol. The second kappa shape index (κ2) is 5.89. The van der Waals surface area contributed by atoms with Crippen LogP contribution in [0.2, 0.25) is 0 Å². The smallest absolute Gasteiger partial charge is 0.193 e. The number of Topliss-reactive ketones (excluding diaryl/α,β-unsaturated/α-hetero) is 1. The van der Waals surface area contributed by atoms with Crippen molar-refractivity contribution >= 4 is 27.5 Å². The lowest BCUT2D eigenvalue weighted by molar-refractivity contribution is 0.0994. The van der Waals surface area contributed by atoms with Gasteiger partial charge in [0.2, 0.25) is 0 Å². The van der Waals surface area contributed by atoms with Crippen molar-refractivity contribution < 1.29 is 14.0 Å². The summed E-state index contributed by atoms with van der Waals surface area (Å²) in [5, 5.41) is 0.0471. The maximum atomic E-state index is 13.2. The molecule has 0 spiro atoms. The molecule has 0 radical (unpaired) electrons. The lowest BCUT2D eigenvalue weighted by Crippen LogP contribution is -2.11. The minimum absolute atomic E-state index is 0.0471. The van der Waals surface area contributed by atoms with Crippen molar-refractivity contribution in [3.63, 3.8) is 0 Å². The summed E-state index contributed by atoms with van der Waals surface area (Å²) in [6, 6.07) is 12.2.